The Morgan fingerprint density at radius 2 is 1.85 bits per heavy atom. The van der Waals surface area contributed by atoms with E-state index < -0.39 is 40.4 Å². The van der Waals surface area contributed by atoms with Gasteiger partial charge in [0, 0.05) is 7.05 Å². The van der Waals surface area contributed by atoms with Crippen molar-refractivity contribution >= 4 is 33.6 Å². The molecule has 2 unspecified atom stereocenters. The van der Waals surface area contributed by atoms with Crippen LogP contribution in [0, 0.1) is 0 Å². The first-order valence-electron chi connectivity index (χ1n) is 9.49. The Morgan fingerprint density at radius 1 is 1.18 bits per heavy atom. The fourth-order valence-electron chi connectivity index (χ4n) is 2.79. The molecule has 0 spiro atoms. The summed E-state index contributed by atoms with van der Waals surface area (Å²) in [7, 11) is -3.01. The van der Waals surface area contributed by atoms with Gasteiger partial charge in [0.1, 0.15) is 24.2 Å². The molecule has 0 bridgehead atoms. The Bertz CT molecular complexity index is 1080. The van der Waals surface area contributed by atoms with Gasteiger partial charge in [0.05, 0.1) is 5.25 Å². The quantitative estimate of drug-likeness (QED) is 0.406. The highest BCUT2D eigenvalue weighted by atomic mass is 32.2. The summed E-state index contributed by atoms with van der Waals surface area (Å²) in [6.45, 7) is -0.410. The topological polar surface area (TPSA) is 134 Å². The van der Waals surface area contributed by atoms with Crippen LogP contribution in [0.3, 0.4) is 0 Å². The van der Waals surface area contributed by atoms with Gasteiger partial charge in [0.25, 0.3) is 0 Å². The Hall–Kier alpha value is -2.81. The number of amides is 1. The summed E-state index contributed by atoms with van der Waals surface area (Å²) in [6, 6.07) is 10.9. The maximum atomic E-state index is 12.5. The molecule has 14 heteroatoms. The molecule has 2 aromatic carbocycles. The van der Waals surface area contributed by atoms with Gasteiger partial charge in [-0.15, -0.1) is 13.2 Å². The first-order valence-corrected chi connectivity index (χ1v) is 11.9. The van der Waals surface area contributed by atoms with Gasteiger partial charge in [0.15, 0.2) is 5.62 Å². The number of ether oxygens (including phenoxy) is 2. The van der Waals surface area contributed by atoms with Crippen molar-refractivity contribution < 1.29 is 44.8 Å². The molecular weight excluding hydrogens is 501 g/mol. The number of hydrogen-bond donors (Lipinski definition) is 2. The third-order valence-electron chi connectivity index (χ3n) is 4.22. The molecule has 3 N–H and O–H groups in total. The molecule has 2 aromatic rings. The van der Waals surface area contributed by atoms with E-state index in [2.05, 4.69) is 10.1 Å². The van der Waals surface area contributed by atoms with Crippen LogP contribution in [0.5, 0.6) is 11.5 Å². The molecule has 2 rings (SSSR count). The average Bonchev–Trinajstić information content (AvgIpc) is 2.75. The number of carbonyl (C=O) groups is 2. The summed E-state index contributed by atoms with van der Waals surface area (Å²) in [6.07, 6.45) is -6.03. The SMILES string of the molecule is CNC(=O)C(Cc1ccc(OCC(OS(N)(=O)=O)c2cccc(OC(F)(F)F)c2)cc1)SC=O. The second kappa shape index (κ2) is 12.1. The maximum Gasteiger partial charge on any atom is 0.573 e. The Kier molecular flexibility index (Phi) is 9.73. The van der Waals surface area contributed by atoms with Gasteiger partial charge in [0.2, 0.25) is 5.91 Å². The average molecular weight is 523 g/mol. The molecule has 34 heavy (non-hydrogen) atoms. The summed E-state index contributed by atoms with van der Waals surface area (Å²) in [5.74, 6) is -0.595. The fraction of sp³-hybridized carbons (Fsp3) is 0.300. The van der Waals surface area contributed by atoms with Crippen molar-refractivity contribution in [3.05, 3.63) is 59.7 Å². The van der Waals surface area contributed by atoms with Crippen molar-refractivity contribution in [3.63, 3.8) is 0 Å². The lowest BCUT2D eigenvalue weighted by atomic mass is 10.1. The van der Waals surface area contributed by atoms with Crippen LogP contribution >= 0.6 is 11.8 Å². The lowest BCUT2D eigenvalue weighted by Crippen LogP contribution is -2.31. The van der Waals surface area contributed by atoms with Crippen LogP contribution in [-0.4, -0.2) is 45.2 Å². The number of thioether (sulfide) groups is 1. The highest BCUT2D eigenvalue weighted by Crippen LogP contribution is 2.28. The summed E-state index contributed by atoms with van der Waals surface area (Å²) < 4.78 is 74.6. The van der Waals surface area contributed by atoms with Crippen molar-refractivity contribution in [1.29, 1.82) is 0 Å². The van der Waals surface area contributed by atoms with Gasteiger partial charge in [-0.3, -0.25) is 9.59 Å². The minimum atomic E-state index is -4.94. The zero-order valence-electron chi connectivity index (χ0n) is 17.7. The monoisotopic (exact) mass is 522 g/mol. The highest BCUT2D eigenvalue weighted by Gasteiger charge is 2.31. The molecule has 0 aromatic heterocycles. The van der Waals surface area contributed by atoms with E-state index in [-0.39, 0.29) is 23.6 Å². The largest absolute Gasteiger partial charge is 0.573 e. The van der Waals surface area contributed by atoms with E-state index in [1.165, 1.54) is 19.2 Å². The van der Waals surface area contributed by atoms with Crippen LogP contribution in [0.1, 0.15) is 17.2 Å². The zero-order chi connectivity index (χ0) is 25.4. The lowest BCUT2D eigenvalue weighted by molar-refractivity contribution is -0.274. The number of carbonyl (C=O) groups excluding carboxylic acids is 2. The van der Waals surface area contributed by atoms with Gasteiger partial charge in [-0.25, -0.2) is 9.32 Å². The summed E-state index contributed by atoms with van der Waals surface area (Å²) in [5.41, 5.74) is 1.33. The van der Waals surface area contributed by atoms with E-state index >= 15 is 0 Å². The van der Waals surface area contributed by atoms with E-state index in [4.69, 9.17) is 14.1 Å². The van der Waals surface area contributed by atoms with Gasteiger partial charge in [-0.05, 0) is 41.8 Å². The molecule has 0 aliphatic carbocycles. The van der Waals surface area contributed by atoms with E-state index in [9.17, 15) is 31.2 Å². The molecule has 0 saturated heterocycles. The van der Waals surface area contributed by atoms with E-state index in [1.54, 1.807) is 24.3 Å². The smallest absolute Gasteiger partial charge is 0.490 e. The summed E-state index contributed by atoms with van der Waals surface area (Å²) in [4.78, 5) is 22.6. The molecule has 0 saturated carbocycles. The second-order valence-electron chi connectivity index (χ2n) is 6.69. The number of nitrogens with one attached hydrogen (secondary N) is 1. The van der Waals surface area contributed by atoms with Crippen LogP contribution in [0.25, 0.3) is 0 Å². The van der Waals surface area contributed by atoms with Gasteiger partial charge < -0.3 is 14.8 Å². The molecule has 0 aliphatic rings. The third-order valence-corrected chi connectivity index (χ3v) is 5.54. The van der Waals surface area contributed by atoms with Crippen LogP contribution in [0.4, 0.5) is 13.2 Å². The van der Waals surface area contributed by atoms with Crippen molar-refractivity contribution in [2.24, 2.45) is 5.14 Å². The van der Waals surface area contributed by atoms with E-state index in [0.29, 0.717) is 5.62 Å². The molecule has 2 atom stereocenters. The Balaban J connectivity index is 2.13. The first-order chi connectivity index (χ1) is 15.9. The molecule has 0 heterocycles. The molecular formula is C20H21F3N2O7S2. The van der Waals surface area contributed by atoms with Crippen molar-refractivity contribution in [3.8, 4) is 11.5 Å². The number of hydrogen-bond acceptors (Lipinski definition) is 8. The number of alkyl halides is 3. The van der Waals surface area contributed by atoms with Gasteiger partial charge in [-0.2, -0.15) is 8.42 Å². The predicted octanol–water partition coefficient (Wildman–Crippen LogP) is 2.51. The predicted molar refractivity (Wildman–Crippen MR) is 118 cm³/mol. The third kappa shape index (κ3) is 9.59. The summed E-state index contributed by atoms with van der Waals surface area (Å²) in [5, 5.41) is 6.79. The molecule has 0 radical (unpaired) electrons. The Labute approximate surface area is 198 Å². The molecule has 0 fully saturated rings. The minimum Gasteiger partial charge on any atom is -0.490 e. The molecule has 0 aliphatic heterocycles. The number of benzene rings is 2. The van der Waals surface area contributed by atoms with Crippen molar-refractivity contribution in [2.75, 3.05) is 13.7 Å². The van der Waals surface area contributed by atoms with Crippen LogP contribution in [0.15, 0.2) is 48.5 Å². The van der Waals surface area contributed by atoms with Crippen LogP contribution in [-0.2, 0) is 30.5 Å². The first kappa shape index (κ1) is 27.4. The van der Waals surface area contributed by atoms with Crippen LogP contribution < -0.4 is 19.9 Å². The standard InChI is InChI=1S/C20H21F3N2O7S2/c1-25-19(27)18(33-12-26)9-13-5-7-15(8-6-13)30-11-17(32-34(24,28)29)14-3-2-4-16(10-14)31-20(21,22)23/h2-8,10,12,17-18H,9,11H2,1H3,(H,25,27)(H2,24,28,29). The normalized spacial score (nSPS) is 13.6. The van der Waals surface area contributed by atoms with E-state index in [1.807, 2.05) is 0 Å². The maximum absolute atomic E-state index is 12.5. The summed E-state index contributed by atoms with van der Waals surface area (Å²) >= 11 is 0.840. The van der Waals surface area contributed by atoms with Gasteiger partial charge >= 0.3 is 16.7 Å². The second-order valence-corrected chi connectivity index (χ2v) is 8.90. The molecule has 186 valence electrons. The highest BCUT2D eigenvalue weighted by molar-refractivity contribution is 8.13. The molecule has 9 nitrogen and oxygen atoms in total. The molecule has 1 amide bonds. The van der Waals surface area contributed by atoms with Crippen molar-refractivity contribution in [2.45, 2.75) is 24.1 Å². The lowest BCUT2D eigenvalue weighted by Gasteiger charge is -2.19. The zero-order valence-corrected chi connectivity index (χ0v) is 19.3. The van der Waals surface area contributed by atoms with E-state index in [0.717, 1.165) is 29.5 Å². The number of halogens is 3. The van der Waals surface area contributed by atoms with Crippen molar-refractivity contribution in [1.82, 2.24) is 5.32 Å². The fourth-order valence-corrected chi connectivity index (χ4v) is 3.95. The number of nitrogens with two attached hydrogens (primary N) is 1. The van der Waals surface area contributed by atoms with Crippen LogP contribution in [0.2, 0.25) is 0 Å². The number of rotatable bonds is 12. The van der Waals surface area contributed by atoms with Gasteiger partial charge in [-0.1, -0.05) is 36.0 Å². The Morgan fingerprint density at radius 3 is 2.41 bits per heavy atom. The minimum absolute atomic E-state index is 0.0201.